The molecule has 0 aromatic rings. The number of aliphatic hydroxyl groups is 1. The van der Waals surface area contributed by atoms with Crippen molar-refractivity contribution in [1.82, 2.24) is 0 Å². The lowest BCUT2D eigenvalue weighted by Gasteiger charge is -2.21. The molecule has 1 amide bonds. The van der Waals surface area contributed by atoms with Crippen molar-refractivity contribution in [1.29, 1.82) is 0 Å². The van der Waals surface area contributed by atoms with Crippen molar-refractivity contribution in [3.8, 4) is 0 Å². The van der Waals surface area contributed by atoms with Crippen molar-refractivity contribution in [2.45, 2.75) is 90.9 Å². The molecule has 0 aliphatic carbocycles. The zero-order chi connectivity index (χ0) is 17.3. The summed E-state index contributed by atoms with van der Waals surface area (Å²) in [5.74, 6) is -0.381. The highest BCUT2D eigenvalue weighted by molar-refractivity contribution is 5.76. The predicted octanol–water partition coefficient (Wildman–Crippen LogP) is 4.97. The van der Waals surface area contributed by atoms with Gasteiger partial charge >= 0.3 is 0 Å². The van der Waals surface area contributed by atoms with Crippen molar-refractivity contribution < 1.29 is 9.90 Å². The predicted molar refractivity (Wildman–Crippen MR) is 99.2 cm³/mol. The molecule has 3 nitrogen and oxygen atoms in total. The monoisotopic (exact) mass is 325 g/mol. The quantitative estimate of drug-likeness (QED) is 0.311. The van der Waals surface area contributed by atoms with Crippen LogP contribution in [0.1, 0.15) is 90.9 Å². The van der Waals surface area contributed by atoms with E-state index in [-0.39, 0.29) is 24.3 Å². The molecule has 2 unspecified atom stereocenters. The zero-order valence-electron chi connectivity index (χ0n) is 15.4. The van der Waals surface area contributed by atoms with Gasteiger partial charge in [-0.2, -0.15) is 0 Å². The molecule has 0 rings (SSSR count). The maximum Gasteiger partial charge on any atom is 0.220 e. The highest BCUT2D eigenvalue weighted by Crippen LogP contribution is 2.22. The van der Waals surface area contributed by atoms with Crippen molar-refractivity contribution in [3.63, 3.8) is 0 Å². The molecule has 3 N–H and O–H groups in total. The summed E-state index contributed by atoms with van der Waals surface area (Å²) in [7, 11) is 0. The van der Waals surface area contributed by atoms with Crippen LogP contribution < -0.4 is 5.73 Å². The Kier molecular flexibility index (Phi) is 15.5. The van der Waals surface area contributed by atoms with Crippen LogP contribution in [0.15, 0.2) is 12.2 Å². The third-order valence-corrected chi connectivity index (χ3v) is 4.72. The standard InChI is InChI=1S/C20H39NO2/c1-3-5-6-7-8-9-10-11-12-13-14-15-16-19(20(21)23)18(4-2)17-22/h9-10,18-19,22H,3-8,11-17H2,1-2H3,(H2,21,23)/b10-9+. The first-order valence-electron chi connectivity index (χ1n) is 9.72. The number of hydrogen-bond acceptors (Lipinski definition) is 2. The SMILES string of the molecule is CCCCCC/C=C/CCCCCCC(C(N)=O)C(CC)CO. The topological polar surface area (TPSA) is 63.3 Å². The summed E-state index contributed by atoms with van der Waals surface area (Å²) in [6, 6.07) is 0. The average molecular weight is 326 g/mol. The van der Waals surface area contributed by atoms with Crippen LogP contribution in [0.3, 0.4) is 0 Å². The first kappa shape index (κ1) is 22.2. The Morgan fingerprint density at radius 2 is 1.52 bits per heavy atom. The lowest BCUT2D eigenvalue weighted by molar-refractivity contribution is -0.124. The maximum atomic E-state index is 11.5. The second kappa shape index (κ2) is 16.0. The molecule has 0 heterocycles. The van der Waals surface area contributed by atoms with E-state index in [9.17, 15) is 9.90 Å². The molecule has 0 aliphatic heterocycles. The molecule has 0 radical (unpaired) electrons. The summed E-state index contributed by atoms with van der Waals surface area (Å²) in [6.45, 7) is 4.31. The molecular weight excluding hydrogens is 286 g/mol. The molecule has 0 saturated carbocycles. The van der Waals surface area contributed by atoms with Gasteiger partial charge in [0.1, 0.15) is 0 Å². The van der Waals surface area contributed by atoms with E-state index in [0.29, 0.717) is 0 Å². The van der Waals surface area contributed by atoms with E-state index in [1.807, 2.05) is 6.92 Å². The van der Waals surface area contributed by atoms with Crippen molar-refractivity contribution >= 4 is 5.91 Å². The summed E-state index contributed by atoms with van der Waals surface area (Å²) in [5.41, 5.74) is 5.47. The van der Waals surface area contributed by atoms with Crippen LogP contribution in [-0.2, 0) is 4.79 Å². The number of nitrogens with two attached hydrogens (primary N) is 1. The molecule has 0 aromatic carbocycles. The van der Waals surface area contributed by atoms with Crippen molar-refractivity contribution in [2.24, 2.45) is 17.6 Å². The largest absolute Gasteiger partial charge is 0.396 e. The van der Waals surface area contributed by atoms with E-state index in [1.54, 1.807) is 0 Å². The smallest absolute Gasteiger partial charge is 0.220 e. The number of aliphatic hydroxyl groups excluding tert-OH is 1. The highest BCUT2D eigenvalue weighted by Gasteiger charge is 2.23. The van der Waals surface area contributed by atoms with Crippen molar-refractivity contribution in [3.05, 3.63) is 12.2 Å². The minimum Gasteiger partial charge on any atom is -0.396 e. The Hall–Kier alpha value is -0.830. The molecule has 0 fully saturated rings. The number of hydrogen-bond donors (Lipinski definition) is 2. The first-order valence-corrected chi connectivity index (χ1v) is 9.72. The third-order valence-electron chi connectivity index (χ3n) is 4.72. The fourth-order valence-corrected chi connectivity index (χ4v) is 3.06. The van der Waals surface area contributed by atoms with Gasteiger partial charge in [-0.25, -0.2) is 0 Å². The van der Waals surface area contributed by atoms with E-state index >= 15 is 0 Å². The van der Waals surface area contributed by atoms with Crippen LogP contribution >= 0.6 is 0 Å². The lowest BCUT2D eigenvalue weighted by Crippen LogP contribution is -2.31. The minimum absolute atomic E-state index is 0.0307. The molecule has 0 aromatic heterocycles. The summed E-state index contributed by atoms with van der Waals surface area (Å²) < 4.78 is 0. The van der Waals surface area contributed by atoms with Crippen LogP contribution in [0.25, 0.3) is 0 Å². The molecule has 3 heteroatoms. The molecule has 0 saturated heterocycles. The number of rotatable bonds is 16. The fourth-order valence-electron chi connectivity index (χ4n) is 3.06. The number of allylic oxidation sites excluding steroid dienone is 2. The first-order chi connectivity index (χ1) is 11.2. The van der Waals surface area contributed by atoms with Crippen LogP contribution in [0.2, 0.25) is 0 Å². The van der Waals surface area contributed by atoms with E-state index in [0.717, 1.165) is 25.7 Å². The summed E-state index contributed by atoms with van der Waals surface area (Å²) in [5, 5.41) is 9.32. The van der Waals surface area contributed by atoms with Gasteiger partial charge in [0, 0.05) is 12.5 Å². The third kappa shape index (κ3) is 12.3. The summed E-state index contributed by atoms with van der Waals surface area (Å²) in [4.78, 5) is 11.5. The number of unbranched alkanes of at least 4 members (excludes halogenated alkanes) is 8. The van der Waals surface area contributed by atoms with Crippen molar-refractivity contribution in [2.75, 3.05) is 6.61 Å². The number of carbonyl (C=O) groups is 1. The summed E-state index contributed by atoms with van der Waals surface area (Å²) >= 11 is 0. The van der Waals surface area contributed by atoms with Gasteiger partial charge in [-0.3, -0.25) is 4.79 Å². The van der Waals surface area contributed by atoms with E-state index in [1.165, 1.54) is 51.4 Å². The van der Waals surface area contributed by atoms with Crippen LogP contribution in [0.4, 0.5) is 0 Å². The number of primary amides is 1. The Balaban J connectivity index is 3.60. The van der Waals surface area contributed by atoms with Gasteiger partial charge < -0.3 is 10.8 Å². The minimum atomic E-state index is -0.253. The Morgan fingerprint density at radius 3 is 2.00 bits per heavy atom. The molecular formula is C20H39NO2. The van der Waals surface area contributed by atoms with Crippen LogP contribution in [-0.4, -0.2) is 17.6 Å². The molecule has 136 valence electrons. The highest BCUT2D eigenvalue weighted by atomic mass is 16.3. The average Bonchev–Trinajstić information content (AvgIpc) is 2.54. The van der Waals surface area contributed by atoms with Gasteiger partial charge in [-0.05, 0) is 38.0 Å². The molecule has 0 bridgehead atoms. The van der Waals surface area contributed by atoms with Crippen LogP contribution in [0.5, 0.6) is 0 Å². The maximum absolute atomic E-state index is 11.5. The van der Waals surface area contributed by atoms with Gasteiger partial charge in [0.2, 0.25) is 5.91 Å². The summed E-state index contributed by atoms with van der Waals surface area (Å²) in [6.07, 6.45) is 18.6. The van der Waals surface area contributed by atoms with Crippen LogP contribution in [0, 0.1) is 11.8 Å². The van der Waals surface area contributed by atoms with Gasteiger partial charge in [-0.1, -0.05) is 70.9 Å². The number of amides is 1. The van der Waals surface area contributed by atoms with Gasteiger partial charge in [-0.15, -0.1) is 0 Å². The second-order valence-corrected chi connectivity index (χ2v) is 6.67. The van der Waals surface area contributed by atoms with E-state index < -0.39 is 0 Å². The van der Waals surface area contributed by atoms with Gasteiger partial charge in [0.25, 0.3) is 0 Å². The van der Waals surface area contributed by atoms with E-state index in [4.69, 9.17) is 5.73 Å². The zero-order valence-corrected chi connectivity index (χ0v) is 15.4. The van der Waals surface area contributed by atoms with E-state index in [2.05, 4.69) is 19.1 Å². The second-order valence-electron chi connectivity index (χ2n) is 6.67. The molecule has 0 spiro atoms. The molecule has 2 atom stereocenters. The van der Waals surface area contributed by atoms with Gasteiger partial charge in [0.15, 0.2) is 0 Å². The molecule has 23 heavy (non-hydrogen) atoms. The van der Waals surface area contributed by atoms with Gasteiger partial charge in [0.05, 0.1) is 0 Å². The molecule has 0 aliphatic rings. The Labute approximate surface area is 143 Å². The Bertz CT molecular complexity index is 298. The number of carbonyl (C=O) groups excluding carboxylic acids is 1. The fraction of sp³-hybridized carbons (Fsp3) is 0.850. The normalized spacial score (nSPS) is 14.2. The lowest BCUT2D eigenvalue weighted by atomic mass is 9.86. The Morgan fingerprint density at radius 1 is 0.957 bits per heavy atom.